The van der Waals surface area contributed by atoms with Crippen LogP contribution >= 0.6 is 15.9 Å². The number of nitrogens with one attached hydrogen (secondary N) is 1. The zero-order valence-electron chi connectivity index (χ0n) is 9.45. The fourth-order valence-electron chi connectivity index (χ4n) is 1.90. The first kappa shape index (κ1) is 12.2. The summed E-state index contributed by atoms with van der Waals surface area (Å²) in [6.45, 7) is 3.82. The molecule has 0 bridgehead atoms. The Kier molecular flexibility index (Phi) is 3.87. The van der Waals surface area contributed by atoms with E-state index in [9.17, 15) is 4.79 Å². The molecule has 90 valence electrons. The van der Waals surface area contributed by atoms with Crippen LogP contribution < -0.4 is 0 Å². The van der Waals surface area contributed by atoms with Gasteiger partial charge in [-0.3, -0.25) is 9.69 Å². The van der Waals surface area contributed by atoms with Crippen molar-refractivity contribution in [1.29, 1.82) is 0 Å². The molecule has 2 rings (SSSR count). The smallest absolute Gasteiger partial charge is 0.270 e. The summed E-state index contributed by atoms with van der Waals surface area (Å²) in [6.07, 6.45) is 7.03. The molecule has 0 aromatic carbocycles. The second kappa shape index (κ2) is 5.39. The van der Waals surface area contributed by atoms with E-state index in [1.54, 1.807) is 12.3 Å². The van der Waals surface area contributed by atoms with Crippen molar-refractivity contribution in [3.05, 3.63) is 22.4 Å². The van der Waals surface area contributed by atoms with Crippen LogP contribution in [0.2, 0.25) is 0 Å². The number of terminal acetylenes is 1. The summed E-state index contributed by atoms with van der Waals surface area (Å²) in [5.41, 5.74) is 0.627. The monoisotopic (exact) mass is 295 g/mol. The number of hydrogen-bond acceptors (Lipinski definition) is 2. The second-order valence-electron chi connectivity index (χ2n) is 4.00. The lowest BCUT2D eigenvalue weighted by molar-refractivity contribution is 0.0647. The molecule has 1 amide bonds. The Hall–Kier alpha value is -1.25. The number of rotatable bonds is 2. The molecule has 1 aliphatic rings. The largest absolute Gasteiger partial charge is 0.356 e. The van der Waals surface area contributed by atoms with Gasteiger partial charge in [0.1, 0.15) is 5.69 Å². The van der Waals surface area contributed by atoms with Crippen LogP contribution in [0.5, 0.6) is 0 Å². The van der Waals surface area contributed by atoms with Gasteiger partial charge in [-0.05, 0) is 22.0 Å². The highest BCUT2D eigenvalue weighted by molar-refractivity contribution is 9.10. The molecule has 0 unspecified atom stereocenters. The molecule has 2 heterocycles. The molecule has 1 fully saturated rings. The molecule has 4 nitrogen and oxygen atoms in total. The number of halogens is 1. The Bertz CT molecular complexity index is 441. The SMILES string of the molecule is C#CCN1CCN(C(=O)c2cc(Br)c[nH]2)CC1. The van der Waals surface area contributed by atoms with E-state index in [0.717, 1.165) is 30.7 Å². The topological polar surface area (TPSA) is 39.3 Å². The van der Waals surface area contributed by atoms with Crippen LogP contribution in [0.1, 0.15) is 10.5 Å². The number of piperazine rings is 1. The minimum Gasteiger partial charge on any atom is -0.356 e. The molecule has 5 heteroatoms. The maximum Gasteiger partial charge on any atom is 0.270 e. The first-order valence-electron chi connectivity index (χ1n) is 5.49. The summed E-state index contributed by atoms with van der Waals surface area (Å²) in [4.78, 5) is 19.1. The van der Waals surface area contributed by atoms with E-state index in [0.29, 0.717) is 12.2 Å². The normalized spacial score (nSPS) is 16.8. The van der Waals surface area contributed by atoms with Crippen molar-refractivity contribution >= 4 is 21.8 Å². The summed E-state index contributed by atoms with van der Waals surface area (Å²) in [5, 5.41) is 0. The van der Waals surface area contributed by atoms with Crippen molar-refractivity contribution in [2.24, 2.45) is 0 Å². The lowest BCUT2D eigenvalue weighted by Crippen LogP contribution is -2.48. The third-order valence-electron chi connectivity index (χ3n) is 2.85. The van der Waals surface area contributed by atoms with Crippen LogP contribution in [0.15, 0.2) is 16.7 Å². The number of aromatic amines is 1. The van der Waals surface area contributed by atoms with Crippen LogP contribution in [-0.2, 0) is 0 Å². The van der Waals surface area contributed by atoms with Crippen LogP contribution in [0, 0.1) is 12.3 Å². The minimum absolute atomic E-state index is 0.0519. The molecule has 0 radical (unpaired) electrons. The van der Waals surface area contributed by atoms with Crippen molar-refractivity contribution < 1.29 is 4.79 Å². The Morgan fingerprint density at radius 3 is 2.71 bits per heavy atom. The van der Waals surface area contributed by atoms with Crippen molar-refractivity contribution in [3.63, 3.8) is 0 Å². The zero-order chi connectivity index (χ0) is 12.3. The Balaban J connectivity index is 1.93. The molecule has 1 N–H and O–H groups in total. The van der Waals surface area contributed by atoms with Gasteiger partial charge >= 0.3 is 0 Å². The van der Waals surface area contributed by atoms with E-state index in [1.165, 1.54) is 0 Å². The van der Waals surface area contributed by atoms with E-state index in [-0.39, 0.29) is 5.91 Å². The number of carbonyl (C=O) groups is 1. The quantitative estimate of drug-likeness (QED) is 0.832. The number of aromatic nitrogens is 1. The number of amides is 1. The molecule has 1 aliphatic heterocycles. The predicted molar refractivity (Wildman–Crippen MR) is 69.7 cm³/mol. The van der Waals surface area contributed by atoms with Gasteiger partial charge in [0, 0.05) is 36.8 Å². The number of carbonyl (C=O) groups excluding carboxylic acids is 1. The predicted octanol–water partition coefficient (Wildman–Crippen LogP) is 1.17. The van der Waals surface area contributed by atoms with Crippen LogP contribution in [-0.4, -0.2) is 53.4 Å². The van der Waals surface area contributed by atoms with E-state index in [2.05, 4.69) is 31.7 Å². The third-order valence-corrected chi connectivity index (χ3v) is 3.31. The Morgan fingerprint density at radius 2 is 2.18 bits per heavy atom. The van der Waals surface area contributed by atoms with Gasteiger partial charge in [0.25, 0.3) is 5.91 Å². The van der Waals surface area contributed by atoms with Gasteiger partial charge < -0.3 is 9.88 Å². The first-order chi connectivity index (χ1) is 8.20. The highest BCUT2D eigenvalue weighted by Gasteiger charge is 2.22. The summed E-state index contributed by atoms with van der Waals surface area (Å²) in [7, 11) is 0. The lowest BCUT2D eigenvalue weighted by Gasteiger charge is -2.33. The molecule has 1 aromatic heterocycles. The fraction of sp³-hybridized carbons (Fsp3) is 0.417. The van der Waals surface area contributed by atoms with Crippen LogP contribution in [0.25, 0.3) is 0 Å². The third kappa shape index (κ3) is 2.90. The van der Waals surface area contributed by atoms with E-state index >= 15 is 0 Å². The summed E-state index contributed by atoms with van der Waals surface area (Å²) in [5.74, 6) is 2.68. The highest BCUT2D eigenvalue weighted by atomic mass is 79.9. The van der Waals surface area contributed by atoms with Gasteiger partial charge in [-0.1, -0.05) is 5.92 Å². The fourth-order valence-corrected chi connectivity index (χ4v) is 2.24. The average Bonchev–Trinajstić information content (AvgIpc) is 2.76. The summed E-state index contributed by atoms with van der Waals surface area (Å²) < 4.78 is 0.895. The van der Waals surface area contributed by atoms with Gasteiger partial charge in [0.2, 0.25) is 0 Å². The van der Waals surface area contributed by atoms with Crippen LogP contribution in [0.3, 0.4) is 0 Å². The standard InChI is InChI=1S/C12H14BrN3O/c1-2-3-15-4-6-16(7-5-15)12(17)11-8-10(13)9-14-11/h1,8-9,14H,3-7H2. The van der Waals surface area contributed by atoms with Crippen molar-refractivity contribution in [2.45, 2.75) is 0 Å². The van der Waals surface area contributed by atoms with Gasteiger partial charge in [0.15, 0.2) is 0 Å². The molecule has 0 atom stereocenters. The molecule has 1 saturated heterocycles. The second-order valence-corrected chi connectivity index (χ2v) is 4.92. The Morgan fingerprint density at radius 1 is 1.47 bits per heavy atom. The van der Waals surface area contributed by atoms with Crippen molar-refractivity contribution in [2.75, 3.05) is 32.7 Å². The molecule has 0 aliphatic carbocycles. The number of nitrogens with zero attached hydrogens (tertiary/aromatic N) is 2. The molecule has 1 aromatic rings. The number of hydrogen-bond donors (Lipinski definition) is 1. The Labute approximate surface area is 109 Å². The van der Waals surface area contributed by atoms with Gasteiger partial charge in [-0.25, -0.2) is 0 Å². The maximum atomic E-state index is 12.1. The van der Waals surface area contributed by atoms with Crippen molar-refractivity contribution in [1.82, 2.24) is 14.8 Å². The molecule has 0 saturated carbocycles. The number of H-pyrrole nitrogens is 1. The van der Waals surface area contributed by atoms with Gasteiger partial charge in [0.05, 0.1) is 6.54 Å². The van der Waals surface area contributed by atoms with Gasteiger partial charge in [-0.15, -0.1) is 6.42 Å². The molecular formula is C12H14BrN3O. The average molecular weight is 296 g/mol. The molecule has 17 heavy (non-hydrogen) atoms. The maximum absolute atomic E-state index is 12.1. The van der Waals surface area contributed by atoms with Crippen LogP contribution in [0.4, 0.5) is 0 Å². The minimum atomic E-state index is 0.0519. The first-order valence-corrected chi connectivity index (χ1v) is 6.29. The van der Waals surface area contributed by atoms with E-state index < -0.39 is 0 Å². The van der Waals surface area contributed by atoms with E-state index in [1.807, 2.05) is 4.90 Å². The zero-order valence-corrected chi connectivity index (χ0v) is 11.0. The van der Waals surface area contributed by atoms with Gasteiger partial charge in [-0.2, -0.15) is 0 Å². The molecule has 0 spiro atoms. The summed E-state index contributed by atoms with van der Waals surface area (Å²) >= 11 is 3.32. The summed E-state index contributed by atoms with van der Waals surface area (Å²) in [6, 6.07) is 1.80. The molecular weight excluding hydrogens is 282 g/mol. The highest BCUT2D eigenvalue weighted by Crippen LogP contribution is 2.13. The lowest BCUT2D eigenvalue weighted by atomic mass is 10.3. The van der Waals surface area contributed by atoms with Crippen molar-refractivity contribution in [3.8, 4) is 12.3 Å². The van der Waals surface area contributed by atoms with E-state index in [4.69, 9.17) is 6.42 Å².